The molecular weight excluding hydrogens is 206 g/mol. The second-order valence-electron chi connectivity index (χ2n) is 3.72. The van der Waals surface area contributed by atoms with Crippen molar-refractivity contribution >= 4 is 10.9 Å². The van der Waals surface area contributed by atoms with Gasteiger partial charge in [-0.2, -0.15) is 5.10 Å². The Kier molecular flexibility index (Phi) is 3.19. The van der Waals surface area contributed by atoms with Crippen LogP contribution in [0.3, 0.4) is 0 Å². The molecule has 1 aromatic heterocycles. The molecule has 0 aliphatic heterocycles. The van der Waals surface area contributed by atoms with Gasteiger partial charge in [0.25, 0.3) is 0 Å². The highest BCUT2D eigenvalue weighted by atomic mass is 16.3. The van der Waals surface area contributed by atoms with E-state index in [9.17, 15) is 10.2 Å². The van der Waals surface area contributed by atoms with Gasteiger partial charge in [0.2, 0.25) is 0 Å². The third-order valence-electron chi connectivity index (χ3n) is 2.56. The van der Waals surface area contributed by atoms with Gasteiger partial charge in [-0.3, -0.25) is 5.10 Å². The lowest BCUT2D eigenvalue weighted by Gasteiger charge is -2.16. The molecule has 2 unspecified atom stereocenters. The molecule has 16 heavy (non-hydrogen) atoms. The quantitative estimate of drug-likeness (QED) is 0.593. The normalized spacial score (nSPS) is 15.2. The first-order chi connectivity index (χ1) is 7.74. The van der Waals surface area contributed by atoms with Crippen LogP contribution in [-0.4, -0.2) is 40.1 Å². The maximum atomic E-state index is 9.95. The van der Waals surface area contributed by atoms with Crippen LogP contribution in [0.25, 0.3) is 10.9 Å². The number of nitrogens with one attached hydrogen (secondary N) is 2. The number of para-hydroxylation sites is 1. The van der Waals surface area contributed by atoms with Gasteiger partial charge in [0, 0.05) is 11.9 Å². The lowest BCUT2D eigenvalue weighted by atomic mass is 10.1. The van der Waals surface area contributed by atoms with Gasteiger partial charge in [0.15, 0.2) is 0 Å². The van der Waals surface area contributed by atoms with Crippen molar-refractivity contribution in [2.45, 2.75) is 12.2 Å². The molecule has 2 aromatic rings. The predicted octanol–water partition coefficient (Wildman–Crippen LogP) is 0.177. The number of aliphatic hydroxyl groups excluding tert-OH is 2. The average Bonchev–Trinajstić information content (AvgIpc) is 2.72. The van der Waals surface area contributed by atoms with Crippen molar-refractivity contribution in [3.05, 3.63) is 30.0 Å². The smallest absolute Gasteiger partial charge is 0.123 e. The van der Waals surface area contributed by atoms with Gasteiger partial charge in [0.05, 0.1) is 17.3 Å². The summed E-state index contributed by atoms with van der Waals surface area (Å²) in [6, 6.07) is 7.47. The largest absolute Gasteiger partial charge is 0.389 e. The molecule has 2 rings (SSSR count). The van der Waals surface area contributed by atoms with E-state index in [2.05, 4.69) is 15.5 Å². The first-order valence-corrected chi connectivity index (χ1v) is 5.17. The molecule has 0 amide bonds. The highest BCUT2D eigenvalue weighted by Gasteiger charge is 2.21. The Morgan fingerprint density at radius 1 is 1.38 bits per heavy atom. The number of hydrogen-bond acceptors (Lipinski definition) is 4. The van der Waals surface area contributed by atoms with E-state index in [1.807, 2.05) is 24.3 Å². The number of aliphatic hydroxyl groups is 2. The lowest BCUT2D eigenvalue weighted by molar-refractivity contribution is 0.0185. The minimum absolute atomic E-state index is 0.328. The zero-order chi connectivity index (χ0) is 11.5. The van der Waals surface area contributed by atoms with Gasteiger partial charge in [-0.25, -0.2) is 0 Å². The van der Waals surface area contributed by atoms with Crippen LogP contribution < -0.4 is 5.32 Å². The van der Waals surface area contributed by atoms with E-state index in [-0.39, 0.29) is 0 Å². The second-order valence-corrected chi connectivity index (χ2v) is 3.72. The van der Waals surface area contributed by atoms with Crippen molar-refractivity contribution in [2.75, 3.05) is 13.6 Å². The van der Waals surface area contributed by atoms with E-state index in [0.29, 0.717) is 12.2 Å². The molecule has 0 fully saturated rings. The third kappa shape index (κ3) is 1.92. The van der Waals surface area contributed by atoms with Gasteiger partial charge in [-0.05, 0) is 13.1 Å². The molecule has 0 saturated heterocycles. The lowest BCUT2D eigenvalue weighted by Crippen LogP contribution is -2.29. The summed E-state index contributed by atoms with van der Waals surface area (Å²) in [4.78, 5) is 0. The molecule has 0 bridgehead atoms. The topological polar surface area (TPSA) is 81.2 Å². The standard InChI is InChI=1S/C11H15N3O2/c1-12-6-9(15)11(16)10-7-4-2-3-5-8(7)13-14-10/h2-5,9,11-12,15-16H,6H2,1H3,(H,13,14). The van der Waals surface area contributed by atoms with Gasteiger partial charge in [-0.1, -0.05) is 18.2 Å². The fourth-order valence-corrected chi connectivity index (χ4v) is 1.72. The molecular formula is C11H15N3O2. The van der Waals surface area contributed by atoms with E-state index in [4.69, 9.17) is 0 Å². The van der Waals surface area contributed by atoms with Crippen LogP contribution in [0.2, 0.25) is 0 Å². The Bertz CT molecular complexity index is 469. The van der Waals surface area contributed by atoms with Crippen molar-refractivity contribution in [3.8, 4) is 0 Å². The van der Waals surface area contributed by atoms with Crippen LogP contribution >= 0.6 is 0 Å². The zero-order valence-corrected chi connectivity index (χ0v) is 9.01. The van der Waals surface area contributed by atoms with Crippen LogP contribution in [0.5, 0.6) is 0 Å². The molecule has 2 atom stereocenters. The number of fused-ring (bicyclic) bond motifs is 1. The van der Waals surface area contributed by atoms with Gasteiger partial charge in [0.1, 0.15) is 6.10 Å². The summed E-state index contributed by atoms with van der Waals surface area (Å²) in [5.74, 6) is 0. The molecule has 5 nitrogen and oxygen atoms in total. The van der Waals surface area contributed by atoms with Crippen molar-refractivity contribution in [3.63, 3.8) is 0 Å². The van der Waals surface area contributed by atoms with Crippen molar-refractivity contribution < 1.29 is 10.2 Å². The van der Waals surface area contributed by atoms with Crippen molar-refractivity contribution in [1.29, 1.82) is 0 Å². The molecule has 0 aliphatic rings. The highest BCUT2D eigenvalue weighted by Crippen LogP contribution is 2.23. The number of H-pyrrole nitrogens is 1. The predicted molar refractivity (Wildman–Crippen MR) is 61.0 cm³/mol. The van der Waals surface area contributed by atoms with E-state index >= 15 is 0 Å². The van der Waals surface area contributed by atoms with E-state index in [0.717, 1.165) is 10.9 Å². The molecule has 86 valence electrons. The SMILES string of the molecule is CNCC(O)C(O)c1[nH]nc2ccccc12. The fraction of sp³-hybridized carbons (Fsp3) is 0.364. The zero-order valence-electron chi connectivity index (χ0n) is 9.01. The Labute approximate surface area is 93.1 Å². The Hall–Kier alpha value is -1.43. The van der Waals surface area contributed by atoms with Crippen LogP contribution in [0, 0.1) is 0 Å². The molecule has 0 saturated carbocycles. The second kappa shape index (κ2) is 4.61. The Morgan fingerprint density at radius 3 is 2.88 bits per heavy atom. The van der Waals surface area contributed by atoms with Crippen LogP contribution in [0.15, 0.2) is 24.3 Å². The molecule has 0 spiro atoms. The molecule has 1 aromatic carbocycles. The maximum Gasteiger partial charge on any atom is 0.123 e. The molecule has 0 radical (unpaired) electrons. The van der Waals surface area contributed by atoms with Crippen molar-refractivity contribution in [2.24, 2.45) is 0 Å². The van der Waals surface area contributed by atoms with E-state index in [1.165, 1.54) is 0 Å². The van der Waals surface area contributed by atoms with Gasteiger partial charge in [-0.15, -0.1) is 0 Å². The summed E-state index contributed by atoms with van der Waals surface area (Å²) in [7, 11) is 1.72. The minimum atomic E-state index is -0.958. The molecule has 4 N–H and O–H groups in total. The summed E-state index contributed by atoms with van der Waals surface area (Å²) in [5.41, 5.74) is 1.34. The van der Waals surface area contributed by atoms with Crippen LogP contribution in [0.1, 0.15) is 11.8 Å². The number of rotatable bonds is 4. The summed E-state index contributed by atoms with van der Waals surface area (Å²) < 4.78 is 0. The fourth-order valence-electron chi connectivity index (χ4n) is 1.72. The van der Waals surface area contributed by atoms with Crippen molar-refractivity contribution in [1.82, 2.24) is 15.5 Å². The van der Waals surface area contributed by atoms with E-state index < -0.39 is 12.2 Å². The first-order valence-electron chi connectivity index (χ1n) is 5.17. The number of likely N-dealkylation sites (N-methyl/N-ethyl adjacent to an activating group) is 1. The number of benzene rings is 1. The number of aromatic nitrogens is 2. The summed E-state index contributed by atoms with van der Waals surface area (Å²) in [6.45, 7) is 0.328. The minimum Gasteiger partial charge on any atom is -0.389 e. The summed E-state index contributed by atoms with van der Waals surface area (Å²) in [6.07, 6.45) is -1.81. The van der Waals surface area contributed by atoms with E-state index in [1.54, 1.807) is 7.05 Å². The summed E-state index contributed by atoms with van der Waals surface area (Å²) >= 11 is 0. The number of hydrogen-bond donors (Lipinski definition) is 4. The molecule has 0 aliphatic carbocycles. The Balaban J connectivity index is 2.32. The average molecular weight is 221 g/mol. The highest BCUT2D eigenvalue weighted by molar-refractivity contribution is 5.81. The molecule has 5 heteroatoms. The third-order valence-corrected chi connectivity index (χ3v) is 2.56. The maximum absolute atomic E-state index is 9.95. The van der Waals surface area contributed by atoms with Crippen LogP contribution in [-0.2, 0) is 0 Å². The van der Waals surface area contributed by atoms with Gasteiger partial charge < -0.3 is 15.5 Å². The monoisotopic (exact) mass is 221 g/mol. The summed E-state index contributed by atoms with van der Waals surface area (Å²) in [5, 5.41) is 30.1. The first kappa shape index (κ1) is 11.1. The van der Waals surface area contributed by atoms with Crippen LogP contribution in [0.4, 0.5) is 0 Å². The Morgan fingerprint density at radius 2 is 2.12 bits per heavy atom. The number of aromatic amines is 1. The van der Waals surface area contributed by atoms with Gasteiger partial charge >= 0.3 is 0 Å². The number of nitrogens with zero attached hydrogens (tertiary/aromatic N) is 1. The molecule has 1 heterocycles.